The van der Waals surface area contributed by atoms with Crippen molar-refractivity contribution in [3.63, 3.8) is 0 Å². The van der Waals surface area contributed by atoms with E-state index in [9.17, 15) is 9.90 Å². The summed E-state index contributed by atoms with van der Waals surface area (Å²) in [5.41, 5.74) is 3.17. The third-order valence-corrected chi connectivity index (χ3v) is 5.21. The summed E-state index contributed by atoms with van der Waals surface area (Å²) in [6.45, 7) is 1.98. The van der Waals surface area contributed by atoms with Crippen molar-refractivity contribution < 1.29 is 14.7 Å². The number of benzene rings is 2. The Morgan fingerprint density at radius 3 is 2.68 bits per heavy atom. The van der Waals surface area contributed by atoms with E-state index in [1.54, 1.807) is 48.2 Å². The summed E-state index contributed by atoms with van der Waals surface area (Å²) in [5.74, 6) is -0.185. The lowest BCUT2D eigenvalue weighted by atomic mass is 10.0. The molecule has 1 aliphatic heterocycles. The molecule has 1 saturated heterocycles. The van der Waals surface area contributed by atoms with Gasteiger partial charge in [-0.3, -0.25) is 4.79 Å². The molecule has 2 unspecified atom stereocenters. The van der Waals surface area contributed by atoms with E-state index in [4.69, 9.17) is 21.7 Å². The molecule has 6 nitrogen and oxygen atoms in total. The Morgan fingerprint density at radius 1 is 1.36 bits per heavy atom. The van der Waals surface area contributed by atoms with Gasteiger partial charge in [0.1, 0.15) is 13.2 Å². The van der Waals surface area contributed by atoms with E-state index in [0.717, 1.165) is 16.8 Å². The number of oxime groups is 1. The minimum atomic E-state index is -0.680. The average Bonchev–Trinajstić information content (AvgIpc) is 3.12. The Balaban J connectivity index is 1.86. The number of rotatable bonds is 4. The highest BCUT2D eigenvalue weighted by molar-refractivity contribution is 6.34. The van der Waals surface area contributed by atoms with Gasteiger partial charge in [0.25, 0.3) is 5.91 Å². The molecule has 2 aromatic rings. The molecule has 3 rings (SSSR count). The molecule has 144 valence electrons. The zero-order valence-electron chi connectivity index (χ0n) is 15.6. The van der Waals surface area contributed by atoms with Crippen LogP contribution in [0.4, 0.5) is 0 Å². The summed E-state index contributed by atoms with van der Waals surface area (Å²) in [4.78, 5) is 19.4. The number of halogens is 1. The van der Waals surface area contributed by atoms with Gasteiger partial charge in [-0.15, -0.1) is 0 Å². The van der Waals surface area contributed by atoms with Crippen LogP contribution in [0, 0.1) is 11.3 Å². The van der Waals surface area contributed by atoms with Gasteiger partial charge in [0.2, 0.25) is 0 Å². The van der Waals surface area contributed by atoms with Crippen LogP contribution in [0.2, 0.25) is 5.02 Å². The molecule has 0 aromatic heterocycles. The molecule has 0 bridgehead atoms. The normalized spacial score (nSPS) is 18.8. The molecule has 0 aliphatic carbocycles. The van der Waals surface area contributed by atoms with Gasteiger partial charge in [-0.05, 0) is 30.7 Å². The van der Waals surface area contributed by atoms with Crippen molar-refractivity contribution in [2.45, 2.75) is 25.5 Å². The summed E-state index contributed by atoms with van der Waals surface area (Å²) in [6.07, 6.45) is -0.202. The van der Waals surface area contributed by atoms with Crippen LogP contribution in [-0.2, 0) is 4.84 Å². The second-order valence-corrected chi connectivity index (χ2v) is 7.02. The molecule has 0 radical (unpaired) electrons. The lowest BCUT2D eigenvalue weighted by molar-refractivity contribution is 0.0538. The first-order valence-corrected chi connectivity index (χ1v) is 9.21. The van der Waals surface area contributed by atoms with Crippen LogP contribution < -0.4 is 0 Å². The molecule has 28 heavy (non-hydrogen) atoms. The maximum atomic E-state index is 13.0. The largest absolute Gasteiger partial charge is 0.399 e. The number of likely N-dealkylation sites (tertiary alicyclic amines) is 1. The van der Waals surface area contributed by atoms with Crippen molar-refractivity contribution in [2.75, 3.05) is 13.7 Å². The Labute approximate surface area is 168 Å². The fraction of sp³-hybridized carbons (Fsp3) is 0.286. The quantitative estimate of drug-likeness (QED) is 0.800. The van der Waals surface area contributed by atoms with Crippen LogP contribution in [0.25, 0.3) is 11.1 Å². The first kappa shape index (κ1) is 19.9. The number of amides is 1. The second kappa shape index (κ2) is 8.42. The van der Waals surface area contributed by atoms with Crippen LogP contribution in [0.15, 0.2) is 47.6 Å². The molecule has 1 aliphatic rings. The Morgan fingerprint density at radius 2 is 2.07 bits per heavy atom. The van der Waals surface area contributed by atoms with Gasteiger partial charge in [0.05, 0.1) is 35.0 Å². The maximum absolute atomic E-state index is 13.0. The van der Waals surface area contributed by atoms with Crippen LogP contribution in [-0.4, -0.2) is 47.4 Å². The molecular weight excluding hydrogens is 378 g/mol. The Hall–Kier alpha value is -2.88. The van der Waals surface area contributed by atoms with Gasteiger partial charge in [0.15, 0.2) is 0 Å². The maximum Gasteiger partial charge on any atom is 0.254 e. The van der Waals surface area contributed by atoms with E-state index in [1.165, 1.54) is 7.11 Å². The van der Waals surface area contributed by atoms with Crippen LogP contribution >= 0.6 is 11.6 Å². The lowest BCUT2D eigenvalue weighted by Crippen LogP contribution is -2.41. The Kier molecular flexibility index (Phi) is 5.98. The van der Waals surface area contributed by atoms with Crippen molar-refractivity contribution in [1.82, 2.24) is 4.90 Å². The first-order chi connectivity index (χ1) is 13.5. The number of hydrogen-bond donors (Lipinski definition) is 1. The van der Waals surface area contributed by atoms with E-state index >= 15 is 0 Å². The molecular formula is C21H20ClN3O3. The molecule has 1 amide bonds. The summed E-state index contributed by atoms with van der Waals surface area (Å²) >= 11 is 6.30. The topological polar surface area (TPSA) is 85.9 Å². The number of carbonyl (C=O) groups is 1. The van der Waals surface area contributed by atoms with Gasteiger partial charge in [-0.25, -0.2) is 0 Å². The van der Waals surface area contributed by atoms with Crippen molar-refractivity contribution >= 4 is 23.2 Å². The monoisotopic (exact) mass is 397 g/mol. The number of nitriles is 1. The zero-order valence-corrected chi connectivity index (χ0v) is 16.3. The summed E-state index contributed by atoms with van der Waals surface area (Å²) < 4.78 is 0. The summed E-state index contributed by atoms with van der Waals surface area (Å²) in [6, 6.07) is 14.0. The van der Waals surface area contributed by atoms with E-state index in [-0.39, 0.29) is 11.9 Å². The molecule has 0 spiro atoms. The molecule has 7 heteroatoms. The highest BCUT2D eigenvalue weighted by Crippen LogP contribution is 2.31. The number of aliphatic hydroxyl groups is 1. The molecule has 0 saturated carbocycles. The predicted molar refractivity (Wildman–Crippen MR) is 107 cm³/mol. The standard InChI is InChI=1S/C21H20ClN3O3/c1-13(26)19-10-17(24-28-2)12-25(19)21(27)15-8-6-14(7-9-15)18-5-3-4-16(11-23)20(18)22/h3-9,13,19,26H,10,12H2,1-2H3/b24-17-. The number of hydrogen-bond acceptors (Lipinski definition) is 5. The average molecular weight is 398 g/mol. The molecule has 1 N–H and O–H groups in total. The van der Waals surface area contributed by atoms with Crippen LogP contribution in [0.5, 0.6) is 0 Å². The zero-order chi connectivity index (χ0) is 20.3. The van der Waals surface area contributed by atoms with E-state index in [0.29, 0.717) is 29.1 Å². The number of carbonyl (C=O) groups excluding carboxylic acids is 1. The highest BCUT2D eigenvalue weighted by Gasteiger charge is 2.36. The van der Waals surface area contributed by atoms with Crippen molar-refractivity contribution in [1.29, 1.82) is 5.26 Å². The summed E-state index contributed by atoms with van der Waals surface area (Å²) in [7, 11) is 1.46. The third-order valence-electron chi connectivity index (χ3n) is 4.80. The number of nitrogens with zero attached hydrogens (tertiary/aromatic N) is 3. The molecule has 2 atom stereocenters. The van der Waals surface area contributed by atoms with Crippen molar-refractivity contribution in [2.24, 2.45) is 5.16 Å². The fourth-order valence-corrected chi connectivity index (χ4v) is 3.66. The molecule has 1 heterocycles. The minimum Gasteiger partial charge on any atom is -0.399 e. The first-order valence-electron chi connectivity index (χ1n) is 8.83. The van der Waals surface area contributed by atoms with Gasteiger partial charge in [0, 0.05) is 17.5 Å². The van der Waals surface area contributed by atoms with Crippen molar-refractivity contribution in [3.8, 4) is 17.2 Å². The minimum absolute atomic E-state index is 0.185. The van der Waals surface area contributed by atoms with Gasteiger partial charge >= 0.3 is 0 Å². The number of aliphatic hydroxyl groups excluding tert-OH is 1. The van der Waals surface area contributed by atoms with E-state index in [2.05, 4.69) is 11.2 Å². The van der Waals surface area contributed by atoms with Crippen LogP contribution in [0.3, 0.4) is 0 Å². The predicted octanol–water partition coefficient (Wildman–Crippen LogP) is 3.48. The highest BCUT2D eigenvalue weighted by atomic mass is 35.5. The Bertz CT molecular complexity index is 948. The molecule has 1 fully saturated rings. The lowest BCUT2D eigenvalue weighted by Gasteiger charge is -2.26. The summed E-state index contributed by atoms with van der Waals surface area (Å²) in [5, 5.41) is 23.5. The van der Waals surface area contributed by atoms with Crippen LogP contribution in [0.1, 0.15) is 29.3 Å². The SMILES string of the molecule is CO/N=C1/CC(C(C)O)N(C(=O)c2ccc(-c3cccc(C#N)c3Cl)cc2)C1. The smallest absolute Gasteiger partial charge is 0.254 e. The van der Waals surface area contributed by atoms with Crippen molar-refractivity contribution in [3.05, 3.63) is 58.6 Å². The van der Waals surface area contributed by atoms with Gasteiger partial charge in [-0.2, -0.15) is 5.26 Å². The molecule has 2 aromatic carbocycles. The second-order valence-electron chi connectivity index (χ2n) is 6.64. The van der Waals surface area contributed by atoms with E-state index in [1.807, 2.05) is 6.07 Å². The fourth-order valence-electron chi connectivity index (χ4n) is 3.38. The van der Waals surface area contributed by atoms with Gasteiger partial charge in [-0.1, -0.05) is 41.0 Å². The third kappa shape index (κ3) is 3.86. The van der Waals surface area contributed by atoms with Gasteiger partial charge < -0.3 is 14.8 Å². The van der Waals surface area contributed by atoms with E-state index < -0.39 is 6.10 Å².